The number of nitrogens with one attached hydrogen (secondary N) is 1. The molecule has 21 heavy (non-hydrogen) atoms. The number of carbonyl (C=O) groups is 2. The zero-order valence-electron chi connectivity index (χ0n) is 12.6. The largest absolute Gasteiger partial charge is 0.481 e. The summed E-state index contributed by atoms with van der Waals surface area (Å²) in [6, 6.07) is 1.93. The number of carbonyl (C=O) groups excluding carboxylic acids is 1. The van der Waals surface area contributed by atoms with Crippen LogP contribution in [0.2, 0.25) is 0 Å². The van der Waals surface area contributed by atoms with Gasteiger partial charge in [-0.2, -0.15) is 0 Å². The Balaban J connectivity index is 2.02. The number of furan rings is 1. The molecule has 1 aromatic heterocycles. The molecule has 1 aliphatic carbocycles. The van der Waals surface area contributed by atoms with Crippen LogP contribution >= 0.6 is 11.8 Å². The summed E-state index contributed by atoms with van der Waals surface area (Å²) in [6.45, 7) is 6.23. The summed E-state index contributed by atoms with van der Waals surface area (Å²) in [4.78, 5) is 22.4. The van der Waals surface area contributed by atoms with Gasteiger partial charge in [-0.3, -0.25) is 9.59 Å². The van der Waals surface area contributed by atoms with Crippen molar-refractivity contribution in [2.24, 2.45) is 5.41 Å². The first kappa shape index (κ1) is 15.9. The summed E-state index contributed by atoms with van der Waals surface area (Å²) in [7, 11) is 0. The van der Waals surface area contributed by atoms with Crippen molar-refractivity contribution in [2.75, 3.05) is 11.5 Å². The fourth-order valence-electron chi connectivity index (χ4n) is 2.78. The SMILES string of the molecule is Cc1cc2c(o1)CC(C)(C)CC2NC(=O)CSCC(=O)O. The molecule has 1 atom stereocenters. The van der Waals surface area contributed by atoms with Crippen LogP contribution in [0, 0.1) is 12.3 Å². The van der Waals surface area contributed by atoms with Crippen molar-refractivity contribution in [3.63, 3.8) is 0 Å². The molecule has 0 spiro atoms. The van der Waals surface area contributed by atoms with Gasteiger partial charge in [0.05, 0.1) is 17.5 Å². The van der Waals surface area contributed by atoms with Crippen molar-refractivity contribution >= 4 is 23.6 Å². The summed E-state index contributed by atoms with van der Waals surface area (Å²) in [5, 5.41) is 11.6. The Morgan fingerprint density at radius 3 is 2.86 bits per heavy atom. The lowest BCUT2D eigenvalue weighted by Crippen LogP contribution is -2.36. The van der Waals surface area contributed by atoms with Crippen LogP contribution in [0.1, 0.15) is 43.4 Å². The van der Waals surface area contributed by atoms with Crippen molar-refractivity contribution in [3.8, 4) is 0 Å². The first-order valence-electron chi connectivity index (χ1n) is 6.95. The lowest BCUT2D eigenvalue weighted by molar-refractivity contribution is -0.133. The highest BCUT2D eigenvalue weighted by atomic mass is 32.2. The minimum atomic E-state index is -0.903. The van der Waals surface area contributed by atoms with Crippen molar-refractivity contribution in [2.45, 2.75) is 39.7 Å². The van der Waals surface area contributed by atoms with Crippen molar-refractivity contribution in [1.82, 2.24) is 5.32 Å². The van der Waals surface area contributed by atoms with E-state index in [0.717, 1.165) is 41.7 Å². The summed E-state index contributed by atoms with van der Waals surface area (Å²) in [5.41, 5.74) is 1.13. The van der Waals surface area contributed by atoms with E-state index in [0.29, 0.717) is 0 Å². The summed E-state index contributed by atoms with van der Waals surface area (Å²) >= 11 is 1.11. The molecule has 0 aliphatic heterocycles. The lowest BCUT2D eigenvalue weighted by Gasteiger charge is -2.34. The number of carboxylic acids is 1. The molecule has 116 valence electrons. The molecule has 0 saturated heterocycles. The van der Waals surface area contributed by atoms with Gasteiger partial charge in [0.1, 0.15) is 11.5 Å². The predicted octanol–water partition coefficient (Wildman–Crippen LogP) is 2.54. The van der Waals surface area contributed by atoms with Gasteiger partial charge in [0.25, 0.3) is 0 Å². The molecular formula is C15H21NO4S. The average molecular weight is 311 g/mol. The monoisotopic (exact) mass is 311 g/mol. The van der Waals surface area contributed by atoms with E-state index < -0.39 is 5.97 Å². The van der Waals surface area contributed by atoms with Gasteiger partial charge >= 0.3 is 5.97 Å². The van der Waals surface area contributed by atoms with E-state index in [1.807, 2.05) is 13.0 Å². The third-order valence-corrected chi connectivity index (χ3v) is 4.45. The maximum atomic E-state index is 12.0. The molecule has 0 aromatic carbocycles. The topological polar surface area (TPSA) is 79.5 Å². The molecule has 2 rings (SSSR count). The normalized spacial score (nSPS) is 19.9. The quantitative estimate of drug-likeness (QED) is 0.873. The molecule has 1 aliphatic rings. The molecule has 2 N–H and O–H groups in total. The molecule has 1 heterocycles. The van der Waals surface area contributed by atoms with Gasteiger partial charge in [0.15, 0.2) is 0 Å². The first-order valence-corrected chi connectivity index (χ1v) is 8.10. The van der Waals surface area contributed by atoms with E-state index >= 15 is 0 Å². The van der Waals surface area contributed by atoms with E-state index in [2.05, 4.69) is 19.2 Å². The van der Waals surface area contributed by atoms with Gasteiger partial charge in [-0.15, -0.1) is 11.8 Å². The number of amides is 1. The minimum Gasteiger partial charge on any atom is -0.481 e. The van der Waals surface area contributed by atoms with Gasteiger partial charge in [0, 0.05) is 12.0 Å². The Labute approximate surface area is 128 Å². The van der Waals surface area contributed by atoms with Crippen molar-refractivity contribution < 1.29 is 19.1 Å². The van der Waals surface area contributed by atoms with Crippen LogP contribution in [0.25, 0.3) is 0 Å². The fourth-order valence-corrected chi connectivity index (χ4v) is 3.33. The van der Waals surface area contributed by atoms with Crippen molar-refractivity contribution in [3.05, 3.63) is 23.2 Å². The van der Waals surface area contributed by atoms with Crippen LogP contribution in [-0.2, 0) is 16.0 Å². The smallest absolute Gasteiger partial charge is 0.313 e. The maximum absolute atomic E-state index is 12.0. The highest BCUT2D eigenvalue weighted by Gasteiger charge is 2.35. The van der Waals surface area contributed by atoms with E-state index in [1.165, 1.54) is 0 Å². The van der Waals surface area contributed by atoms with Crippen LogP contribution in [0.3, 0.4) is 0 Å². The highest BCUT2D eigenvalue weighted by molar-refractivity contribution is 8.00. The number of aliphatic carboxylic acids is 1. The molecule has 0 radical (unpaired) electrons. The Morgan fingerprint density at radius 1 is 1.48 bits per heavy atom. The third-order valence-electron chi connectivity index (χ3n) is 3.53. The number of thioether (sulfide) groups is 1. The Morgan fingerprint density at radius 2 is 2.19 bits per heavy atom. The molecule has 1 amide bonds. The number of fused-ring (bicyclic) bond motifs is 1. The summed E-state index contributed by atoms with van der Waals surface area (Å²) in [5.74, 6) is 0.882. The fraction of sp³-hybridized carbons (Fsp3) is 0.600. The first-order chi connectivity index (χ1) is 9.77. The molecule has 5 nitrogen and oxygen atoms in total. The molecule has 0 saturated carbocycles. The minimum absolute atomic E-state index is 0.0559. The van der Waals surface area contributed by atoms with Gasteiger partial charge in [-0.05, 0) is 24.8 Å². The predicted molar refractivity (Wildman–Crippen MR) is 81.4 cm³/mol. The van der Waals surface area contributed by atoms with Crippen LogP contribution in [0.15, 0.2) is 10.5 Å². The standard InChI is InChI=1S/C15H21NO4S/c1-9-4-10-11(5-15(2,3)6-12(10)20-9)16-13(17)7-21-8-14(18)19/h4,11H,5-8H2,1-3H3,(H,16,17)(H,18,19). The summed E-state index contributed by atoms with van der Waals surface area (Å²) < 4.78 is 5.73. The zero-order chi connectivity index (χ0) is 15.6. The molecule has 1 unspecified atom stereocenters. The molecule has 6 heteroatoms. The van der Waals surface area contributed by atoms with Crippen LogP contribution < -0.4 is 5.32 Å². The highest BCUT2D eigenvalue weighted by Crippen LogP contribution is 2.41. The second-order valence-electron chi connectivity index (χ2n) is 6.29. The number of hydrogen-bond donors (Lipinski definition) is 2. The van der Waals surface area contributed by atoms with E-state index in [4.69, 9.17) is 9.52 Å². The molecular weight excluding hydrogens is 290 g/mol. The van der Waals surface area contributed by atoms with Gasteiger partial charge in [-0.1, -0.05) is 13.8 Å². The second-order valence-corrected chi connectivity index (χ2v) is 7.27. The Kier molecular flexibility index (Phi) is 4.66. The lowest BCUT2D eigenvalue weighted by atomic mass is 9.75. The number of aryl methyl sites for hydroxylation is 1. The summed E-state index contributed by atoms with van der Waals surface area (Å²) in [6.07, 6.45) is 1.73. The van der Waals surface area contributed by atoms with Gasteiger partial charge in [-0.25, -0.2) is 0 Å². The molecule has 1 aromatic rings. The van der Waals surface area contributed by atoms with Crippen LogP contribution in [0.4, 0.5) is 0 Å². The zero-order valence-corrected chi connectivity index (χ0v) is 13.4. The number of hydrogen-bond acceptors (Lipinski definition) is 4. The van der Waals surface area contributed by atoms with Gasteiger partial charge in [0.2, 0.25) is 5.91 Å². The maximum Gasteiger partial charge on any atom is 0.313 e. The van der Waals surface area contributed by atoms with Crippen molar-refractivity contribution in [1.29, 1.82) is 0 Å². The average Bonchev–Trinajstić information content (AvgIpc) is 2.67. The second kappa shape index (κ2) is 6.13. The number of rotatable bonds is 5. The third kappa shape index (κ3) is 4.27. The Hall–Kier alpha value is -1.43. The van der Waals surface area contributed by atoms with E-state index in [-0.39, 0.29) is 28.9 Å². The van der Waals surface area contributed by atoms with E-state index in [1.54, 1.807) is 0 Å². The van der Waals surface area contributed by atoms with Crippen LogP contribution in [-0.4, -0.2) is 28.5 Å². The Bertz CT molecular complexity index is 550. The molecule has 0 fully saturated rings. The number of carboxylic acid groups (broad SMARTS) is 1. The van der Waals surface area contributed by atoms with E-state index in [9.17, 15) is 9.59 Å². The van der Waals surface area contributed by atoms with Crippen LogP contribution in [0.5, 0.6) is 0 Å². The molecule has 0 bridgehead atoms. The van der Waals surface area contributed by atoms with Gasteiger partial charge < -0.3 is 14.8 Å².